The van der Waals surface area contributed by atoms with Crippen LogP contribution in [0, 0.1) is 10.1 Å². The number of rotatable bonds is 5. The van der Waals surface area contributed by atoms with Gasteiger partial charge in [0.1, 0.15) is 0 Å². The highest BCUT2D eigenvalue weighted by Gasteiger charge is 2.12. The van der Waals surface area contributed by atoms with E-state index in [1.807, 2.05) is 66.7 Å². The van der Waals surface area contributed by atoms with Crippen molar-refractivity contribution in [1.29, 1.82) is 0 Å². The van der Waals surface area contributed by atoms with Gasteiger partial charge >= 0.3 is 0 Å². The minimum atomic E-state index is -0.434. The minimum Gasteiger partial charge on any atom is -0.321 e. The van der Waals surface area contributed by atoms with Gasteiger partial charge < -0.3 is 5.32 Å². The molecule has 0 aliphatic rings. The Kier molecular flexibility index (Phi) is 5.35. The van der Waals surface area contributed by atoms with Gasteiger partial charge in [0.2, 0.25) is 0 Å². The summed E-state index contributed by atoms with van der Waals surface area (Å²) in [5.74, 6) is -0.219. The van der Waals surface area contributed by atoms with Crippen molar-refractivity contribution < 1.29 is 9.72 Å². The lowest BCUT2D eigenvalue weighted by Crippen LogP contribution is -2.12. The summed E-state index contributed by atoms with van der Waals surface area (Å²) in [5.41, 5.74) is 4.93. The molecule has 5 nitrogen and oxygen atoms in total. The molecule has 1 amide bonds. The molecule has 0 bridgehead atoms. The molecular formula is C25H18N2O3. The zero-order chi connectivity index (χ0) is 20.9. The van der Waals surface area contributed by atoms with E-state index in [-0.39, 0.29) is 11.6 Å². The molecule has 0 saturated heterocycles. The largest absolute Gasteiger partial charge is 0.321 e. The van der Waals surface area contributed by atoms with Crippen molar-refractivity contribution in [2.45, 2.75) is 0 Å². The number of nitro groups is 1. The summed E-state index contributed by atoms with van der Waals surface area (Å²) in [6.45, 7) is 0. The zero-order valence-corrected chi connectivity index (χ0v) is 16.0. The number of nitrogens with zero attached hydrogens (tertiary/aromatic N) is 1. The lowest BCUT2D eigenvalue weighted by molar-refractivity contribution is -0.384. The van der Waals surface area contributed by atoms with E-state index in [9.17, 15) is 14.9 Å². The van der Waals surface area contributed by atoms with Gasteiger partial charge in [0, 0.05) is 28.9 Å². The average Bonchev–Trinajstić information content (AvgIpc) is 2.80. The fraction of sp³-hybridized carbons (Fsp3) is 0. The SMILES string of the molecule is O=C(Nc1ccccc1-c1ccc([N+](=O)[O-])cc1)c1ccc(-c2ccccc2)cc1. The second-order valence-electron chi connectivity index (χ2n) is 6.75. The van der Waals surface area contributed by atoms with E-state index in [0.717, 1.165) is 22.3 Å². The standard InChI is InChI=1S/C25H18N2O3/c28-25(21-12-10-19(11-13-21)18-6-2-1-3-7-18)26-24-9-5-4-8-23(24)20-14-16-22(17-15-20)27(29)30/h1-17H,(H,26,28). The van der Waals surface area contributed by atoms with Gasteiger partial charge in [-0.15, -0.1) is 0 Å². The van der Waals surface area contributed by atoms with Crippen LogP contribution in [-0.4, -0.2) is 10.8 Å². The van der Waals surface area contributed by atoms with Crippen molar-refractivity contribution in [3.05, 3.63) is 119 Å². The number of non-ortho nitro benzene ring substituents is 1. The van der Waals surface area contributed by atoms with Crippen LogP contribution < -0.4 is 5.32 Å². The molecule has 0 unspecified atom stereocenters. The summed E-state index contributed by atoms with van der Waals surface area (Å²) >= 11 is 0. The van der Waals surface area contributed by atoms with Crippen LogP contribution in [0.5, 0.6) is 0 Å². The predicted molar refractivity (Wildman–Crippen MR) is 118 cm³/mol. The van der Waals surface area contributed by atoms with Gasteiger partial charge in [0.15, 0.2) is 0 Å². The van der Waals surface area contributed by atoms with Gasteiger partial charge in [0.05, 0.1) is 4.92 Å². The Labute approximate surface area is 173 Å². The molecule has 0 spiro atoms. The average molecular weight is 394 g/mol. The van der Waals surface area contributed by atoms with Crippen molar-refractivity contribution in [3.8, 4) is 22.3 Å². The Morgan fingerprint density at radius 2 is 1.23 bits per heavy atom. The van der Waals surface area contributed by atoms with Gasteiger partial charge in [-0.2, -0.15) is 0 Å². The van der Waals surface area contributed by atoms with E-state index >= 15 is 0 Å². The topological polar surface area (TPSA) is 72.2 Å². The van der Waals surface area contributed by atoms with Crippen LogP contribution >= 0.6 is 0 Å². The molecule has 146 valence electrons. The second-order valence-corrected chi connectivity index (χ2v) is 6.75. The molecule has 0 radical (unpaired) electrons. The number of anilines is 1. The molecule has 4 aromatic rings. The fourth-order valence-corrected chi connectivity index (χ4v) is 3.25. The van der Waals surface area contributed by atoms with Crippen LogP contribution in [0.3, 0.4) is 0 Å². The number of hydrogen-bond acceptors (Lipinski definition) is 3. The zero-order valence-electron chi connectivity index (χ0n) is 16.0. The van der Waals surface area contributed by atoms with Crippen molar-refractivity contribution in [2.24, 2.45) is 0 Å². The summed E-state index contributed by atoms with van der Waals surface area (Å²) < 4.78 is 0. The van der Waals surface area contributed by atoms with Crippen LogP contribution in [0.15, 0.2) is 103 Å². The number of nitro benzene ring substituents is 1. The summed E-state index contributed by atoms with van der Waals surface area (Å²) in [6, 6.07) is 31.1. The molecule has 0 aliphatic heterocycles. The molecular weight excluding hydrogens is 376 g/mol. The maximum atomic E-state index is 12.8. The Bertz CT molecular complexity index is 1190. The molecule has 4 rings (SSSR count). The lowest BCUT2D eigenvalue weighted by Gasteiger charge is -2.12. The molecule has 0 atom stereocenters. The molecule has 1 N–H and O–H groups in total. The van der Waals surface area contributed by atoms with E-state index in [4.69, 9.17) is 0 Å². The first-order chi connectivity index (χ1) is 14.6. The van der Waals surface area contributed by atoms with E-state index in [2.05, 4.69) is 5.32 Å². The van der Waals surface area contributed by atoms with Crippen LogP contribution in [-0.2, 0) is 0 Å². The highest BCUT2D eigenvalue weighted by Crippen LogP contribution is 2.29. The summed E-state index contributed by atoms with van der Waals surface area (Å²) in [7, 11) is 0. The highest BCUT2D eigenvalue weighted by atomic mass is 16.6. The number of hydrogen-bond donors (Lipinski definition) is 1. The quantitative estimate of drug-likeness (QED) is 0.324. The Balaban J connectivity index is 1.56. The maximum Gasteiger partial charge on any atom is 0.269 e. The van der Waals surface area contributed by atoms with Gasteiger partial charge in [-0.3, -0.25) is 14.9 Å². The fourth-order valence-electron chi connectivity index (χ4n) is 3.25. The predicted octanol–water partition coefficient (Wildman–Crippen LogP) is 6.18. The number of benzene rings is 4. The van der Waals surface area contributed by atoms with Crippen molar-refractivity contribution in [2.75, 3.05) is 5.32 Å². The normalized spacial score (nSPS) is 10.4. The Hall–Kier alpha value is -4.25. The minimum absolute atomic E-state index is 0.0266. The van der Waals surface area contributed by atoms with Crippen LogP contribution in [0.4, 0.5) is 11.4 Å². The third-order valence-electron chi connectivity index (χ3n) is 4.82. The number of carbonyl (C=O) groups excluding carboxylic acids is 1. The molecule has 0 fully saturated rings. The van der Waals surface area contributed by atoms with Gasteiger partial charge in [0.25, 0.3) is 11.6 Å². The van der Waals surface area contributed by atoms with Crippen molar-refractivity contribution >= 4 is 17.3 Å². The Morgan fingerprint density at radius 3 is 1.90 bits per heavy atom. The van der Waals surface area contributed by atoms with E-state index in [1.165, 1.54) is 12.1 Å². The molecule has 0 aromatic heterocycles. The van der Waals surface area contributed by atoms with Crippen LogP contribution in [0.1, 0.15) is 10.4 Å². The summed E-state index contributed by atoms with van der Waals surface area (Å²) in [6.07, 6.45) is 0. The van der Waals surface area contributed by atoms with Crippen LogP contribution in [0.2, 0.25) is 0 Å². The van der Waals surface area contributed by atoms with Crippen LogP contribution in [0.25, 0.3) is 22.3 Å². The first-order valence-electron chi connectivity index (χ1n) is 9.42. The second kappa shape index (κ2) is 8.41. The Morgan fingerprint density at radius 1 is 0.667 bits per heavy atom. The maximum absolute atomic E-state index is 12.8. The molecule has 0 saturated carbocycles. The third kappa shape index (κ3) is 4.10. The molecule has 5 heteroatoms. The van der Waals surface area contributed by atoms with E-state index in [0.29, 0.717) is 11.3 Å². The van der Waals surface area contributed by atoms with Gasteiger partial charge in [-0.25, -0.2) is 0 Å². The smallest absolute Gasteiger partial charge is 0.269 e. The lowest BCUT2D eigenvalue weighted by atomic mass is 10.0. The van der Waals surface area contributed by atoms with Gasteiger partial charge in [-0.05, 0) is 47.0 Å². The number of carbonyl (C=O) groups is 1. The third-order valence-corrected chi connectivity index (χ3v) is 4.82. The summed E-state index contributed by atoms with van der Waals surface area (Å²) in [5, 5.41) is 13.8. The molecule has 4 aromatic carbocycles. The molecule has 0 aliphatic carbocycles. The van der Waals surface area contributed by atoms with E-state index in [1.54, 1.807) is 24.3 Å². The van der Waals surface area contributed by atoms with E-state index < -0.39 is 4.92 Å². The number of nitrogens with one attached hydrogen (secondary N) is 1. The van der Waals surface area contributed by atoms with Crippen molar-refractivity contribution in [3.63, 3.8) is 0 Å². The number of amides is 1. The molecule has 0 heterocycles. The monoisotopic (exact) mass is 394 g/mol. The molecule has 30 heavy (non-hydrogen) atoms. The highest BCUT2D eigenvalue weighted by molar-refractivity contribution is 6.06. The van der Waals surface area contributed by atoms with Gasteiger partial charge in [-0.1, -0.05) is 60.7 Å². The van der Waals surface area contributed by atoms with Crippen molar-refractivity contribution in [1.82, 2.24) is 0 Å². The number of para-hydroxylation sites is 1. The first-order valence-corrected chi connectivity index (χ1v) is 9.42. The first kappa shape index (κ1) is 19.1. The summed E-state index contributed by atoms with van der Waals surface area (Å²) in [4.78, 5) is 23.2.